The number of hydrogen-bond donors (Lipinski definition) is 7. The number of carboxylic acid groups (broad SMARTS) is 1. The van der Waals surface area contributed by atoms with Gasteiger partial charge >= 0.3 is 12.0 Å². The van der Waals surface area contributed by atoms with E-state index in [0.717, 1.165) is 5.56 Å². The molecule has 0 fully saturated rings. The number of rotatable bonds is 10. The number of carboxylic acids is 1. The second-order valence-electron chi connectivity index (χ2n) is 8.12. The van der Waals surface area contributed by atoms with E-state index in [1.54, 1.807) is 44.2 Å². The van der Waals surface area contributed by atoms with E-state index in [2.05, 4.69) is 26.3 Å². The van der Waals surface area contributed by atoms with Crippen LogP contribution in [0.15, 0.2) is 35.3 Å². The Hall–Kier alpha value is -3.83. The molecular formula is C21H31N7O5. The summed E-state index contributed by atoms with van der Waals surface area (Å²) < 4.78 is 0. The number of aliphatic carboxylic acids is 1. The summed E-state index contributed by atoms with van der Waals surface area (Å²) in [6.45, 7) is 3.76. The van der Waals surface area contributed by atoms with Crippen LogP contribution in [-0.2, 0) is 20.8 Å². The van der Waals surface area contributed by atoms with Crippen LogP contribution in [0.4, 0.5) is 4.79 Å². The van der Waals surface area contributed by atoms with Gasteiger partial charge in [0.25, 0.3) is 0 Å². The van der Waals surface area contributed by atoms with Crippen molar-refractivity contribution in [2.24, 2.45) is 22.4 Å². The van der Waals surface area contributed by atoms with Gasteiger partial charge in [-0.15, -0.1) is 0 Å². The van der Waals surface area contributed by atoms with Crippen molar-refractivity contribution >= 4 is 29.8 Å². The fourth-order valence-corrected chi connectivity index (χ4v) is 3.43. The van der Waals surface area contributed by atoms with Gasteiger partial charge in [-0.3, -0.25) is 14.6 Å². The summed E-state index contributed by atoms with van der Waals surface area (Å²) in [5.74, 6) is -2.78. The number of aliphatic imine (C=N–C) groups is 1. The highest BCUT2D eigenvalue weighted by Gasteiger charge is 2.35. The van der Waals surface area contributed by atoms with E-state index in [4.69, 9.17) is 11.5 Å². The second-order valence-corrected chi connectivity index (χ2v) is 8.12. The molecule has 2 rings (SSSR count). The van der Waals surface area contributed by atoms with Crippen LogP contribution in [0.2, 0.25) is 0 Å². The van der Waals surface area contributed by atoms with Gasteiger partial charge in [-0.25, -0.2) is 9.59 Å². The van der Waals surface area contributed by atoms with Crippen molar-refractivity contribution in [2.75, 3.05) is 6.54 Å². The van der Waals surface area contributed by atoms with Gasteiger partial charge in [-0.1, -0.05) is 44.2 Å². The van der Waals surface area contributed by atoms with Gasteiger partial charge in [-0.2, -0.15) is 0 Å². The highest BCUT2D eigenvalue weighted by atomic mass is 16.4. The van der Waals surface area contributed by atoms with Crippen LogP contribution in [0, 0.1) is 5.92 Å². The van der Waals surface area contributed by atoms with Crippen molar-refractivity contribution in [2.45, 2.75) is 50.9 Å². The topological polar surface area (TPSA) is 201 Å². The van der Waals surface area contributed by atoms with Gasteiger partial charge in [-0.05, 0) is 17.9 Å². The molecule has 4 unspecified atom stereocenters. The highest BCUT2D eigenvalue weighted by molar-refractivity contribution is 5.93. The Labute approximate surface area is 191 Å². The number of urea groups is 1. The molecule has 1 aliphatic rings. The average Bonchev–Trinajstić information content (AvgIpc) is 2.75. The Morgan fingerprint density at radius 2 is 1.82 bits per heavy atom. The summed E-state index contributed by atoms with van der Waals surface area (Å²) in [4.78, 5) is 53.1. The minimum absolute atomic E-state index is 0.0544. The molecule has 4 atom stereocenters. The molecule has 12 heteroatoms. The lowest BCUT2D eigenvalue weighted by atomic mass is 9.99. The van der Waals surface area contributed by atoms with Gasteiger partial charge in [0.05, 0.1) is 6.04 Å². The maximum atomic E-state index is 13.0. The van der Waals surface area contributed by atoms with Crippen LogP contribution < -0.4 is 32.7 Å². The van der Waals surface area contributed by atoms with Crippen LogP contribution >= 0.6 is 0 Å². The fraction of sp³-hybridized carbons (Fsp3) is 0.476. The SMILES string of the molecule is CC(C)C(NC(=O)C(NC(=O)NC(Cc1ccccc1)C(=O)O)C1CCN=C(N)N1)C(N)=O. The van der Waals surface area contributed by atoms with E-state index in [1.807, 2.05) is 0 Å². The molecular weight excluding hydrogens is 430 g/mol. The summed E-state index contributed by atoms with van der Waals surface area (Å²) in [7, 11) is 0. The summed E-state index contributed by atoms with van der Waals surface area (Å²) in [6.07, 6.45) is 0.424. The Morgan fingerprint density at radius 1 is 1.15 bits per heavy atom. The average molecular weight is 462 g/mol. The number of nitrogens with two attached hydrogens (primary N) is 2. The molecule has 0 spiro atoms. The van der Waals surface area contributed by atoms with Gasteiger partial charge < -0.3 is 37.8 Å². The summed E-state index contributed by atoms with van der Waals surface area (Å²) in [5, 5.41) is 19.8. The molecule has 1 heterocycles. The first kappa shape index (κ1) is 25.4. The summed E-state index contributed by atoms with van der Waals surface area (Å²) in [6, 6.07) is 3.97. The molecule has 12 nitrogen and oxygen atoms in total. The zero-order valence-electron chi connectivity index (χ0n) is 18.6. The molecule has 9 N–H and O–H groups in total. The van der Waals surface area contributed by atoms with E-state index in [1.165, 1.54) is 0 Å². The number of nitrogens with zero attached hydrogens (tertiary/aromatic N) is 1. The molecule has 0 saturated carbocycles. The van der Waals surface area contributed by atoms with Crippen molar-refractivity contribution in [3.8, 4) is 0 Å². The zero-order valence-corrected chi connectivity index (χ0v) is 18.6. The number of primary amides is 1. The number of hydrogen-bond acceptors (Lipinski definition) is 7. The Kier molecular flexibility index (Phi) is 9.01. The third-order valence-corrected chi connectivity index (χ3v) is 5.18. The minimum Gasteiger partial charge on any atom is -0.480 e. The van der Waals surface area contributed by atoms with E-state index in [-0.39, 0.29) is 18.3 Å². The van der Waals surface area contributed by atoms with Crippen LogP contribution in [0.5, 0.6) is 0 Å². The van der Waals surface area contributed by atoms with Gasteiger partial charge in [0, 0.05) is 13.0 Å². The van der Waals surface area contributed by atoms with Crippen molar-refractivity contribution in [3.05, 3.63) is 35.9 Å². The molecule has 1 aromatic carbocycles. The maximum Gasteiger partial charge on any atom is 0.326 e. The monoisotopic (exact) mass is 461 g/mol. The van der Waals surface area contributed by atoms with Crippen LogP contribution in [0.3, 0.4) is 0 Å². The molecule has 33 heavy (non-hydrogen) atoms. The fourth-order valence-electron chi connectivity index (χ4n) is 3.43. The molecule has 0 radical (unpaired) electrons. The molecule has 180 valence electrons. The van der Waals surface area contributed by atoms with E-state index >= 15 is 0 Å². The summed E-state index contributed by atoms with van der Waals surface area (Å²) >= 11 is 0. The first-order chi connectivity index (χ1) is 15.6. The smallest absolute Gasteiger partial charge is 0.326 e. The Bertz CT molecular complexity index is 890. The number of nitrogens with one attached hydrogen (secondary N) is 4. The van der Waals surface area contributed by atoms with Crippen molar-refractivity contribution in [3.63, 3.8) is 0 Å². The number of guanidine groups is 1. The van der Waals surface area contributed by atoms with Gasteiger partial charge in [0.2, 0.25) is 11.8 Å². The first-order valence-corrected chi connectivity index (χ1v) is 10.6. The summed E-state index contributed by atoms with van der Waals surface area (Å²) in [5.41, 5.74) is 11.8. The molecule has 0 aromatic heterocycles. The normalized spacial score (nSPS) is 18.2. The maximum absolute atomic E-state index is 13.0. The highest BCUT2D eigenvalue weighted by Crippen LogP contribution is 2.08. The van der Waals surface area contributed by atoms with Gasteiger partial charge in [0.15, 0.2) is 5.96 Å². The molecule has 1 aromatic rings. The largest absolute Gasteiger partial charge is 0.480 e. The molecule has 4 amide bonds. The molecule has 0 saturated heterocycles. The predicted octanol–water partition coefficient (Wildman–Crippen LogP) is -1.35. The lowest BCUT2D eigenvalue weighted by Gasteiger charge is -2.32. The molecule has 0 aliphatic carbocycles. The van der Waals surface area contributed by atoms with Crippen LogP contribution in [0.25, 0.3) is 0 Å². The Morgan fingerprint density at radius 3 is 2.36 bits per heavy atom. The zero-order chi connectivity index (χ0) is 24.5. The van der Waals surface area contributed by atoms with E-state index < -0.39 is 48.0 Å². The Balaban J connectivity index is 2.15. The first-order valence-electron chi connectivity index (χ1n) is 10.6. The second kappa shape index (κ2) is 11.7. The standard InChI is InChI=1S/C21H31N7O5/c1-11(2)15(17(22)29)27-18(30)16(13-8-9-24-20(23)25-13)28-21(33)26-14(19(31)32)10-12-6-4-3-5-7-12/h3-7,11,13-16H,8-10H2,1-2H3,(H2,22,29)(H,27,30)(H,31,32)(H3,23,24,25)(H2,26,28,33). The number of carbonyl (C=O) groups is 4. The van der Waals surface area contributed by atoms with Crippen molar-refractivity contribution in [1.29, 1.82) is 0 Å². The van der Waals surface area contributed by atoms with Crippen molar-refractivity contribution < 1.29 is 24.3 Å². The van der Waals surface area contributed by atoms with E-state index in [0.29, 0.717) is 13.0 Å². The number of amides is 4. The predicted molar refractivity (Wildman–Crippen MR) is 121 cm³/mol. The quantitative estimate of drug-likeness (QED) is 0.223. The van der Waals surface area contributed by atoms with Crippen LogP contribution in [0.1, 0.15) is 25.8 Å². The number of carbonyl (C=O) groups excluding carboxylic acids is 3. The lowest BCUT2D eigenvalue weighted by molar-refractivity contribution is -0.139. The minimum atomic E-state index is -1.23. The lowest BCUT2D eigenvalue weighted by Crippen LogP contribution is -2.64. The molecule has 1 aliphatic heterocycles. The third kappa shape index (κ3) is 7.66. The number of benzene rings is 1. The molecule has 0 bridgehead atoms. The third-order valence-electron chi connectivity index (χ3n) is 5.18. The van der Waals surface area contributed by atoms with E-state index in [9.17, 15) is 24.3 Å². The van der Waals surface area contributed by atoms with Crippen LogP contribution in [-0.4, -0.2) is 65.6 Å². The van der Waals surface area contributed by atoms with Crippen molar-refractivity contribution in [1.82, 2.24) is 21.3 Å². The van der Waals surface area contributed by atoms with Gasteiger partial charge in [0.1, 0.15) is 18.1 Å².